The van der Waals surface area contributed by atoms with E-state index in [0.717, 1.165) is 30.9 Å². The molecular weight excluding hydrogens is 675 g/mol. The van der Waals surface area contributed by atoms with E-state index in [1.807, 2.05) is 47.4 Å². The average Bonchev–Trinajstić information content (AvgIpc) is 3.13. The Hall–Kier alpha value is -0.950. The molecule has 1 aromatic carbocycles. The van der Waals surface area contributed by atoms with E-state index in [1.54, 1.807) is 6.92 Å². The summed E-state index contributed by atoms with van der Waals surface area (Å²) in [6.07, 6.45) is 0.916. The van der Waals surface area contributed by atoms with E-state index in [1.165, 1.54) is 0 Å². The first-order valence-corrected chi connectivity index (χ1v) is 18.1. The van der Waals surface area contributed by atoms with Gasteiger partial charge in [0.25, 0.3) is 0 Å². The van der Waals surface area contributed by atoms with Gasteiger partial charge in [0.2, 0.25) is 0 Å². The van der Waals surface area contributed by atoms with Gasteiger partial charge < -0.3 is 10.6 Å². The zero-order valence-electron chi connectivity index (χ0n) is 17.7. The van der Waals surface area contributed by atoms with Crippen molar-refractivity contribution < 1.29 is 22.0 Å². The Labute approximate surface area is 218 Å². The number of hydrogen-bond acceptors (Lipinski definition) is 6. The Morgan fingerprint density at radius 3 is 2.72 bits per heavy atom. The van der Waals surface area contributed by atoms with Gasteiger partial charge in [-0.3, -0.25) is 0 Å². The molecule has 3 rings (SSSR count). The van der Waals surface area contributed by atoms with Crippen molar-refractivity contribution in [2.24, 2.45) is 5.73 Å². The molecule has 6 nitrogen and oxygen atoms in total. The Bertz CT molecular complexity index is 1040. The monoisotopic (exact) mass is 698 g/mol. The molecule has 172 valence electrons. The fraction of sp³-hybridized carbons (Fsp3) is 0.318. The molecule has 0 aliphatic carbocycles. The number of allylic oxidation sites excluding steroid dienone is 1. The van der Waals surface area contributed by atoms with Crippen molar-refractivity contribution in [1.29, 1.82) is 5.41 Å². The number of nitrogens with two attached hydrogens (primary N) is 1. The predicted molar refractivity (Wildman–Crippen MR) is 136 cm³/mol. The Balaban J connectivity index is 1.70. The second kappa shape index (κ2) is 11.5. The van der Waals surface area contributed by atoms with Crippen molar-refractivity contribution in [2.75, 3.05) is 24.6 Å². The van der Waals surface area contributed by atoms with E-state index in [2.05, 4.69) is 33.7 Å². The van der Waals surface area contributed by atoms with Crippen LogP contribution in [-0.4, -0.2) is 41.1 Å². The number of halogens is 4. The van der Waals surface area contributed by atoms with E-state index in [0.29, 0.717) is 27.1 Å². The van der Waals surface area contributed by atoms with Crippen LogP contribution in [0.2, 0.25) is 0 Å². The van der Waals surface area contributed by atoms with E-state index >= 15 is 0 Å². The van der Waals surface area contributed by atoms with Gasteiger partial charge in [-0.1, -0.05) is 0 Å². The first-order chi connectivity index (χ1) is 15.2. The van der Waals surface area contributed by atoms with E-state index in [-0.39, 0.29) is 35.1 Å². The molecule has 0 bridgehead atoms. The zero-order chi connectivity index (χ0) is 23.3. The Kier molecular flexibility index (Phi) is 9.19. The number of nitrogens with zero attached hydrogens (tertiary/aromatic N) is 3. The second-order valence-corrected chi connectivity index (χ2v) is 13.1. The Morgan fingerprint density at radius 2 is 2.12 bits per heavy atom. The number of nitrogens with one attached hydrogen (secondary N) is 1. The molecule has 0 spiro atoms. The number of ether oxygens (including phenoxy) is 1. The van der Waals surface area contributed by atoms with Crippen molar-refractivity contribution in [3.05, 3.63) is 67.4 Å². The van der Waals surface area contributed by atoms with E-state index in [9.17, 15) is 0 Å². The summed E-state index contributed by atoms with van der Waals surface area (Å²) < 4.78 is 7.92. The molecule has 1 aliphatic rings. The van der Waals surface area contributed by atoms with Gasteiger partial charge in [-0.05, 0) is 13.3 Å². The first kappa shape index (κ1) is 25.7. The van der Waals surface area contributed by atoms with Crippen LogP contribution in [0.15, 0.2) is 56.1 Å². The van der Waals surface area contributed by atoms with Crippen molar-refractivity contribution in [3.8, 4) is 5.75 Å². The van der Waals surface area contributed by atoms with Gasteiger partial charge in [0.05, 0.1) is 0 Å². The molecule has 3 N–H and O–H groups in total. The van der Waals surface area contributed by atoms with Crippen LogP contribution < -0.4 is 32.6 Å². The minimum atomic E-state index is -0.206. The van der Waals surface area contributed by atoms with Crippen LogP contribution in [0.5, 0.6) is 5.75 Å². The van der Waals surface area contributed by atoms with Gasteiger partial charge in [-0.15, -0.1) is 0 Å². The summed E-state index contributed by atoms with van der Waals surface area (Å²) in [5.41, 5.74) is 8.23. The van der Waals surface area contributed by atoms with Crippen LogP contribution in [-0.2, 0) is 0 Å². The molecule has 0 radical (unpaired) electrons. The summed E-state index contributed by atoms with van der Waals surface area (Å²) in [7, 11) is 0. The van der Waals surface area contributed by atoms with Crippen molar-refractivity contribution >= 4 is 53.3 Å². The van der Waals surface area contributed by atoms with Crippen LogP contribution >= 0.6 is 41.8 Å². The molecular formula is C22H24Cl2I2N5O-. The van der Waals surface area contributed by atoms with E-state index in [4.69, 9.17) is 39.1 Å². The average molecular weight is 699 g/mol. The first-order valence-electron chi connectivity index (χ1n) is 9.86. The van der Waals surface area contributed by atoms with Gasteiger partial charge in [0.1, 0.15) is 0 Å². The SMILES string of the molecule is C/C(Cl)=C(COc1cccc(C(=N)c2ccc(N3CCC(C)(N)C3)nn2)c1)\C(Cl)=C/[I-]I. The minimum absolute atomic E-state index is 0.132. The van der Waals surface area contributed by atoms with Gasteiger partial charge in [0.15, 0.2) is 5.82 Å². The Morgan fingerprint density at radius 1 is 1.34 bits per heavy atom. The maximum atomic E-state index is 8.57. The third kappa shape index (κ3) is 6.78. The van der Waals surface area contributed by atoms with Crippen LogP contribution in [0, 0.1) is 5.41 Å². The molecule has 0 amide bonds. The van der Waals surface area contributed by atoms with Crippen molar-refractivity contribution in [1.82, 2.24) is 10.2 Å². The summed E-state index contributed by atoms with van der Waals surface area (Å²) in [6.45, 7) is 5.70. The van der Waals surface area contributed by atoms with Crippen LogP contribution in [0.25, 0.3) is 0 Å². The molecule has 1 aliphatic heterocycles. The number of aromatic nitrogens is 2. The molecule has 1 unspecified atom stereocenters. The van der Waals surface area contributed by atoms with Crippen molar-refractivity contribution in [3.63, 3.8) is 0 Å². The molecule has 1 fully saturated rings. The molecule has 32 heavy (non-hydrogen) atoms. The number of hydrogen-bond donors (Lipinski definition) is 2. The van der Waals surface area contributed by atoms with Gasteiger partial charge >= 0.3 is 172 Å². The van der Waals surface area contributed by atoms with Crippen molar-refractivity contribution in [2.45, 2.75) is 25.8 Å². The van der Waals surface area contributed by atoms with Crippen LogP contribution in [0.4, 0.5) is 5.82 Å². The fourth-order valence-corrected chi connectivity index (χ4v) is 7.06. The van der Waals surface area contributed by atoms with Gasteiger partial charge in [0, 0.05) is 18.6 Å². The molecule has 0 saturated carbocycles. The fourth-order valence-electron chi connectivity index (χ4n) is 3.29. The molecule has 2 aromatic rings. The third-order valence-corrected chi connectivity index (χ3v) is 8.45. The standard InChI is InChI=1S/C22H24Cl2I2N5O/c1-14(23)17(18(24)11-26-25)12-32-16-5-3-4-15(10-16)21(27)19-6-7-20(30-29-19)31-9-8-22(2,28)13-31/h3-7,10-11,27H,8-9,12-13,28H2,1-2H3/q-1/b17-14+,18-11+,27-21?. The number of anilines is 1. The molecule has 10 heteroatoms. The van der Waals surface area contributed by atoms with Crippen LogP contribution in [0.3, 0.4) is 0 Å². The molecule has 1 atom stereocenters. The third-order valence-electron chi connectivity index (χ3n) is 5.08. The normalized spacial score (nSPS) is 19.8. The number of rotatable bonds is 8. The summed E-state index contributed by atoms with van der Waals surface area (Å²) in [5.74, 6) is 1.41. The molecule has 2 heterocycles. The van der Waals surface area contributed by atoms with Gasteiger partial charge in [-0.25, -0.2) is 0 Å². The number of benzene rings is 1. The maximum absolute atomic E-state index is 8.57. The van der Waals surface area contributed by atoms with Gasteiger partial charge in [-0.2, -0.15) is 0 Å². The molecule has 1 saturated heterocycles. The summed E-state index contributed by atoms with van der Waals surface area (Å²) >= 11 is 14.7. The quantitative estimate of drug-likeness (QED) is 0.251. The van der Waals surface area contributed by atoms with Crippen LogP contribution in [0.1, 0.15) is 31.5 Å². The molecule has 1 aromatic heterocycles. The summed E-state index contributed by atoms with van der Waals surface area (Å²) in [4.78, 5) is 2.12. The summed E-state index contributed by atoms with van der Waals surface area (Å²) in [6, 6.07) is 11.1. The summed E-state index contributed by atoms with van der Waals surface area (Å²) in [5, 5.41) is 18.4. The van der Waals surface area contributed by atoms with E-state index < -0.39 is 0 Å². The topological polar surface area (TPSA) is 88.1 Å². The zero-order valence-corrected chi connectivity index (χ0v) is 23.5. The predicted octanol–water partition coefficient (Wildman–Crippen LogP) is 2.23. The second-order valence-electron chi connectivity index (χ2n) is 7.85.